The van der Waals surface area contributed by atoms with Crippen molar-refractivity contribution < 1.29 is 9.90 Å². The molecule has 0 atom stereocenters. The summed E-state index contributed by atoms with van der Waals surface area (Å²) in [5.41, 5.74) is 0.106. The molecule has 2 saturated carbocycles. The van der Waals surface area contributed by atoms with Gasteiger partial charge in [-0.1, -0.05) is 13.3 Å². The molecule has 0 heterocycles. The van der Waals surface area contributed by atoms with Gasteiger partial charge in [0.05, 0.1) is 5.41 Å². The van der Waals surface area contributed by atoms with Crippen LogP contribution in [0.2, 0.25) is 0 Å². The number of carbonyl (C=O) groups is 1. The highest BCUT2D eigenvalue weighted by atomic mass is 16.4. The number of hydrogen-bond donors (Lipinski definition) is 1. The highest BCUT2D eigenvalue weighted by molar-refractivity contribution is 5.75. The number of aliphatic carboxylic acids is 1. The van der Waals surface area contributed by atoms with E-state index in [1.807, 2.05) is 0 Å². The molecule has 12 heavy (non-hydrogen) atoms. The fourth-order valence-corrected chi connectivity index (χ4v) is 3.10. The third kappa shape index (κ3) is 0.838. The zero-order valence-electron chi connectivity index (χ0n) is 7.60. The second kappa shape index (κ2) is 2.24. The largest absolute Gasteiger partial charge is 0.481 e. The van der Waals surface area contributed by atoms with Crippen molar-refractivity contribution >= 4 is 5.97 Å². The summed E-state index contributed by atoms with van der Waals surface area (Å²) in [5.74, 6) is -0.546. The van der Waals surface area contributed by atoms with Crippen molar-refractivity contribution in [3.05, 3.63) is 0 Å². The average Bonchev–Trinajstić information content (AvgIpc) is 2.61. The lowest BCUT2D eigenvalue weighted by Gasteiger charge is -2.24. The standard InChI is InChI=1S/C10H16O2/c1-2-9-3-5-10(7-9,6-4-9)8(11)12/h2-7H2,1H3,(H,11,12). The van der Waals surface area contributed by atoms with Gasteiger partial charge in [0.1, 0.15) is 0 Å². The molecule has 0 aromatic carbocycles. The van der Waals surface area contributed by atoms with E-state index in [0.717, 1.165) is 32.1 Å². The van der Waals surface area contributed by atoms with Crippen molar-refractivity contribution in [1.82, 2.24) is 0 Å². The molecule has 0 amide bonds. The first-order chi connectivity index (χ1) is 5.63. The maximum absolute atomic E-state index is 11.0. The molecule has 1 N–H and O–H groups in total. The number of hydrogen-bond acceptors (Lipinski definition) is 1. The minimum atomic E-state index is -0.546. The van der Waals surface area contributed by atoms with Crippen LogP contribution < -0.4 is 0 Å². The van der Waals surface area contributed by atoms with Crippen LogP contribution in [0, 0.1) is 10.8 Å². The molecule has 0 radical (unpaired) electrons. The van der Waals surface area contributed by atoms with Gasteiger partial charge in [0, 0.05) is 0 Å². The molecule has 0 unspecified atom stereocenters. The van der Waals surface area contributed by atoms with Crippen molar-refractivity contribution in [2.75, 3.05) is 0 Å². The lowest BCUT2D eigenvalue weighted by Crippen LogP contribution is -2.25. The first kappa shape index (κ1) is 8.09. The lowest BCUT2D eigenvalue weighted by molar-refractivity contribution is -0.148. The predicted molar refractivity (Wildman–Crippen MR) is 45.9 cm³/mol. The summed E-state index contributed by atoms with van der Waals surface area (Å²) in [6.45, 7) is 2.20. The number of fused-ring (bicyclic) bond motifs is 2. The molecule has 2 bridgehead atoms. The lowest BCUT2D eigenvalue weighted by atomic mass is 9.81. The van der Waals surface area contributed by atoms with Crippen LogP contribution in [-0.4, -0.2) is 11.1 Å². The molecule has 2 aliphatic rings. The Labute approximate surface area is 73.0 Å². The first-order valence-electron chi connectivity index (χ1n) is 4.86. The van der Waals surface area contributed by atoms with E-state index in [0.29, 0.717) is 5.41 Å². The zero-order valence-corrected chi connectivity index (χ0v) is 7.60. The van der Waals surface area contributed by atoms with Gasteiger partial charge in [0.25, 0.3) is 0 Å². The molecule has 2 fully saturated rings. The Hall–Kier alpha value is -0.530. The van der Waals surface area contributed by atoms with E-state index >= 15 is 0 Å². The van der Waals surface area contributed by atoms with Gasteiger partial charge in [0.2, 0.25) is 0 Å². The summed E-state index contributed by atoms with van der Waals surface area (Å²) in [5, 5.41) is 9.10. The van der Waals surface area contributed by atoms with E-state index in [4.69, 9.17) is 5.11 Å². The summed E-state index contributed by atoms with van der Waals surface area (Å²) in [6, 6.07) is 0. The minimum Gasteiger partial charge on any atom is -0.481 e. The van der Waals surface area contributed by atoms with E-state index < -0.39 is 5.97 Å². The second-order valence-electron chi connectivity index (χ2n) is 4.62. The van der Waals surface area contributed by atoms with E-state index in [1.54, 1.807) is 0 Å². The number of carboxylic acids is 1. The van der Waals surface area contributed by atoms with E-state index in [9.17, 15) is 4.79 Å². The fraction of sp³-hybridized carbons (Fsp3) is 0.900. The normalized spacial score (nSPS) is 45.1. The highest BCUT2D eigenvalue weighted by Crippen LogP contribution is 2.62. The molecule has 2 rings (SSSR count). The van der Waals surface area contributed by atoms with Gasteiger partial charge >= 0.3 is 5.97 Å². The molecular formula is C10H16O2. The van der Waals surface area contributed by atoms with Gasteiger partial charge in [0.15, 0.2) is 0 Å². The minimum absolute atomic E-state index is 0.310. The quantitative estimate of drug-likeness (QED) is 0.687. The van der Waals surface area contributed by atoms with Crippen LogP contribution in [0.3, 0.4) is 0 Å². The SMILES string of the molecule is CCC12CCC(C(=O)O)(CC1)C2. The molecule has 2 nitrogen and oxygen atoms in total. The summed E-state index contributed by atoms with van der Waals surface area (Å²) in [6.07, 6.45) is 6.27. The van der Waals surface area contributed by atoms with Crippen molar-refractivity contribution in [1.29, 1.82) is 0 Å². The van der Waals surface area contributed by atoms with Crippen molar-refractivity contribution in [3.63, 3.8) is 0 Å². The molecule has 0 aliphatic heterocycles. The van der Waals surface area contributed by atoms with Crippen LogP contribution in [-0.2, 0) is 4.79 Å². The third-order valence-electron chi connectivity index (χ3n) is 4.18. The van der Waals surface area contributed by atoms with Crippen LogP contribution in [0.1, 0.15) is 45.4 Å². The maximum atomic E-state index is 11.0. The molecule has 68 valence electrons. The molecule has 0 spiro atoms. The topological polar surface area (TPSA) is 37.3 Å². The molecule has 0 saturated heterocycles. The van der Waals surface area contributed by atoms with Crippen LogP contribution in [0.4, 0.5) is 0 Å². The molecular weight excluding hydrogens is 152 g/mol. The van der Waals surface area contributed by atoms with Crippen LogP contribution in [0.25, 0.3) is 0 Å². The summed E-state index contributed by atoms with van der Waals surface area (Å²) in [4.78, 5) is 11.0. The molecule has 0 aromatic rings. The Kier molecular flexibility index (Phi) is 1.51. The highest BCUT2D eigenvalue weighted by Gasteiger charge is 2.57. The Morgan fingerprint density at radius 1 is 1.33 bits per heavy atom. The Bertz CT molecular complexity index is 212. The smallest absolute Gasteiger partial charge is 0.309 e. The molecule has 0 aromatic heterocycles. The van der Waals surface area contributed by atoms with Gasteiger partial charge in [-0.15, -0.1) is 0 Å². The monoisotopic (exact) mass is 168 g/mol. The average molecular weight is 168 g/mol. The van der Waals surface area contributed by atoms with Crippen molar-refractivity contribution in [2.24, 2.45) is 10.8 Å². The van der Waals surface area contributed by atoms with Crippen LogP contribution in [0.5, 0.6) is 0 Å². The zero-order chi connectivity index (χ0) is 8.82. The van der Waals surface area contributed by atoms with Gasteiger partial charge in [-0.2, -0.15) is 0 Å². The van der Waals surface area contributed by atoms with Gasteiger partial charge in [-0.05, 0) is 37.5 Å². The number of rotatable bonds is 2. The second-order valence-corrected chi connectivity index (χ2v) is 4.62. The van der Waals surface area contributed by atoms with Gasteiger partial charge in [-0.25, -0.2) is 0 Å². The van der Waals surface area contributed by atoms with Crippen LogP contribution >= 0.6 is 0 Å². The summed E-state index contributed by atoms with van der Waals surface area (Å²) < 4.78 is 0. The Balaban J connectivity index is 2.23. The van der Waals surface area contributed by atoms with Crippen LogP contribution in [0.15, 0.2) is 0 Å². The maximum Gasteiger partial charge on any atom is 0.309 e. The van der Waals surface area contributed by atoms with Gasteiger partial charge in [-0.3, -0.25) is 4.79 Å². The van der Waals surface area contributed by atoms with E-state index in [-0.39, 0.29) is 5.41 Å². The third-order valence-corrected chi connectivity index (χ3v) is 4.18. The predicted octanol–water partition coefficient (Wildman–Crippen LogP) is 2.43. The Morgan fingerprint density at radius 2 is 1.92 bits per heavy atom. The van der Waals surface area contributed by atoms with Crippen molar-refractivity contribution in [2.45, 2.75) is 45.4 Å². The summed E-state index contributed by atoms with van der Waals surface area (Å²) in [7, 11) is 0. The fourth-order valence-electron chi connectivity index (χ4n) is 3.10. The molecule has 2 aliphatic carbocycles. The Morgan fingerprint density at radius 3 is 2.17 bits per heavy atom. The van der Waals surface area contributed by atoms with Crippen molar-refractivity contribution in [3.8, 4) is 0 Å². The molecule has 2 heteroatoms. The van der Waals surface area contributed by atoms with E-state index in [2.05, 4.69) is 6.92 Å². The van der Waals surface area contributed by atoms with E-state index in [1.165, 1.54) is 6.42 Å². The first-order valence-corrected chi connectivity index (χ1v) is 4.86. The number of carboxylic acid groups (broad SMARTS) is 1. The summed E-state index contributed by atoms with van der Waals surface area (Å²) >= 11 is 0. The van der Waals surface area contributed by atoms with Gasteiger partial charge < -0.3 is 5.11 Å².